The van der Waals surface area contributed by atoms with Gasteiger partial charge in [0.25, 0.3) is 0 Å². The van der Waals surface area contributed by atoms with Crippen molar-refractivity contribution in [2.24, 2.45) is 0 Å². The normalized spacial score (nSPS) is 20.3. The summed E-state index contributed by atoms with van der Waals surface area (Å²) >= 11 is 0. The lowest BCUT2D eigenvalue weighted by atomic mass is 9.70. The van der Waals surface area contributed by atoms with Crippen LogP contribution in [0.1, 0.15) is 51.6 Å². The van der Waals surface area contributed by atoms with E-state index in [9.17, 15) is 4.79 Å². The second-order valence-electron chi connectivity index (χ2n) is 10.3. The Labute approximate surface area is 205 Å². The lowest BCUT2D eigenvalue weighted by molar-refractivity contribution is 0.207. The van der Waals surface area contributed by atoms with Crippen LogP contribution in [-0.2, 0) is 5.41 Å². The highest BCUT2D eigenvalue weighted by molar-refractivity contribution is 5.88. The molecular weight excluding hydrogens is 442 g/mol. The summed E-state index contributed by atoms with van der Waals surface area (Å²) < 4.78 is 1.52. The Kier molecular flexibility index (Phi) is 5.55. The van der Waals surface area contributed by atoms with Gasteiger partial charge < -0.3 is 15.5 Å². The van der Waals surface area contributed by atoms with Crippen molar-refractivity contribution in [1.82, 2.24) is 34.9 Å². The molecule has 1 amide bonds. The smallest absolute Gasteiger partial charge is 0.342 e. The Bertz CT molecular complexity index is 1220. The van der Waals surface area contributed by atoms with Crippen LogP contribution in [0.5, 0.6) is 0 Å². The number of carbonyl (C=O) groups is 1. The van der Waals surface area contributed by atoms with Gasteiger partial charge in [-0.25, -0.2) is 19.7 Å². The number of anilines is 3. The Morgan fingerprint density at radius 1 is 1.03 bits per heavy atom. The lowest BCUT2D eigenvalue weighted by Gasteiger charge is -2.40. The number of aromatic nitrogens is 5. The molecule has 6 rings (SSSR count). The van der Waals surface area contributed by atoms with Crippen molar-refractivity contribution >= 4 is 34.5 Å². The molecule has 0 unspecified atom stereocenters. The van der Waals surface area contributed by atoms with E-state index in [1.54, 1.807) is 6.20 Å². The lowest BCUT2D eigenvalue weighted by Crippen LogP contribution is -2.51. The molecular formula is C25H33N9O. The zero-order valence-corrected chi connectivity index (χ0v) is 20.5. The van der Waals surface area contributed by atoms with Crippen LogP contribution in [0.4, 0.5) is 22.2 Å². The van der Waals surface area contributed by atoms with Crippen molar-refractivity contribution in [2.75, 3.05) is 42.9 Å². The molecule has 2 N–H and O–H groups in total. The second kappa shape index (κ2) is 8.75. The van der Waals surface area contributed by atoms with Gasteiger partial charge in [-0.2, -0.15) is 9.78 Å². The number of carbonyl (C=O) groups excluding carboxylic acids is 1. The Balaban J connectivity index is 1.24. The van der Waals surface area contributed by atoms with Crippen LogP contribution in [0.2, 0.25) is 0 Å². The number of amides is 1. The fourth-order valence-electron chi connectivity index (χ4n) is 5.87. The summed E-state index contributed by atoms with van der Waals surface area (Å²) in [6.45, 7) is 9.31. The average Bonchev–Trinajstić information content (AvgIpc) is 3.28. The Morgan fingerprint density at radius 2 is 1.83 bits per heavy atom. The maximum absolute atomic E-state index is 12.6. The van der Waals surface area contributed by atoms with Crippen molar-refractivity contribution in [1.29, 1.82) is 0 Å². The van der Waals surface area contributed by atoms with E-state index >= 15 is 0 Å². The van der Waals surface area contributed by atoms with Crippen molar-refractivity contribution in [3.63, 3.8) is 0 Å². The van der Waals surface area contributed by atoms with E-state index in [1.165, 1.54) is 11.1 Å². The minimum absolute atomic E-state index is 0.105. The van der Waals surface area contributed by atoms with E-state index < -0.39 is 0 Å². The molecule has 184 valence electrons. The fraction of sp³-hybridized carbons (Fsp3) is 0.560. The molecule has 5 heterocycles. The van der Waals surface area contributed by atoms with E-state index in [4.69, 9.17) is 4.98 Å². The number of pyridine rings is 1. The molecule has 1 saturated carbocycles. The molecule has 0 bridgehead atoms. The molecule has 35 heavy (non-hydrogen) atoms. The molecule has 2 aliphatic heterocycles. The van der Waals surface area contributed by atoms with Gasteiger partial charge in [0.05, 0.1) is 23.8 Å². The van der Waals surface area contributed by atoms with Gasteiger partial charge in [-0.1, -0.05) is 19.3 Å². The first kappa shape index (κ1) is 22.2. The van der Waals surface area contributed by atoms with E-state index in [1.807, 2.05) is 12.3 Å². The zero-order valence-electron chi connectivity index (χ0n) is 20.5. The minimum atomic E-state index is -0.185. The van der Waals surface area contributed by atoms with E-state index in [0.29, 0.717) is 29.9 Å². The first-order valence-corrected chi connectivity index (χ1v) is 12.8. The van der Waals surface area contributed by atoms with Gasteiger partial charge in [0, 0.05) is 44.2 Å². The van der Waals surface area contributed by atoms with Crippen LogP contribution < -0.4 is 15.5 Å². The van der Waals surface area contributed by atoms with Crippen LogP contribution in [0.25, 0.3) is 11.0 Å². The first-order chi connectivity index (χ1) is 17.0. The number of nitrogens with one attached hydrogen (secondary N) is 2. The first-order valence-electron chi connectivity index (χ1n) is 12.8. The number of nitrogens with zero attached hydrogens (tertiary/aromatic N) is 7. The van der Waals surface area contributed by atoms with Crippen molar-refractivity contribution in [3.8, 4) is 0 Å². The summed E-state index contributed by atoms with van der Waals surface area (Å²) in [5, 5.41) is 10.8. The molecule has 1 spiro atoms. The van der Waals surface area contributed by atoms with Crippen LogP contribution in [-0.4, -0.2) is 74.4 Å². The average molecular weight is 476 g/mol. The Hall–Kier alpha value is -3.27. The van der Waals surface area contributed by atoms with Crippen molar-refractivity contribution < 1.29 is 4.79 Å². The van der Waals surface area contributed by atoms with E-state index in [2.05, 4.69) is 55.4 Å². The highest BCUT2D eigenvalue weighted by Crippen LogP contribution is 2.43. The molecule has 10 heteroatoms. The molecule has 10 nitrogen and oxygen atoms in total. The van der Waals surface area contributed by atoms with Gasteiger partial charge in [0.15, 0.2) is 0 Å². The Morgan fingerprint density at radius 3 is 2.54 bits per heavy atom. The number of hydrogen-bond acceptors (Lipinski definition) is 8. The van der Waals surface area contributed by atoms with Crippen molar-refractivity contribution in [3.05, 3.63) is 30.2 Å². The highest BCUT2D eigenvalue weighted by Gasteiger charge is 2.43. The summed E-state index contributed by atoms with van der Waals surface area (Å²) in [4.78, 5) is 31.4. The van der Waals surface area contributed by atoms with Crippen LogP contribution in [0.15, 0.2) is 24.5 Å². The molecule has 0 radical (unpaired) electrons. The number of fused-ring (bicyclic) bond motifs is 4. The standard InChI is InChI=1S/C25H33N9O/c1-17(2)32-10-12-33(13-11-32)18-6-7-20(26-14-18)29-23-27-15-19-21(30-23)22-25(8-4-3-5-9-25)16-28-24(35)34(22)31-19/h6-7,14-15,17H,3-5,8-13,16H2,1-2H3,(H,28,35)(H,26,29,30). The van der Waals surface area contributed by atoms with Gasteiger partial charge in [-0.05, 0) is 38.8 Å². The maximum atomic E-state index is 12.6. The fourth-order valence-corrected chi connectivity index (χ4v) is 5.87. The molecule has 0 atom stereocenters. The molecule has 1 aliphatic carbocycles. The van der Waals surface area contributed by atoms with Gasteiger partial charge >= 0.3 is 6.03 Å². The second-order valence-corrected chi connectivity index (χ2v) is 10.3. The predicted molar refractivity (Wildman–Crippen MR) is 135 cm³/mol. The monoisotopic (exact) mass is 475 g/mol. The third-order valence-corrected chi connectivity index (χ3v) is 7.89. The summed E-state index contributed by atoms with van der Waals surface area (Å²) in [6.07, 6.45) is 9.23. The molecule has 1 saturated heterocycles. The third kappa shape index (κ3) is 3.99. The van der Waals surface area contributed by atoms with E-state index in [-0.39, 0.29) is 11.4 Å². The molecule has 3 aromatic rings. The molecule has 2 fully saturated rings. The van der Waals surface area contributed by atoms with Gasteiger partial charge in [0.2, 0.25) is 5.95 Å². The summed E-state index contributed by atoms with van der Waals surface area (Å²) in [6, 6.07) is 4.47. The maximum Gasteiger partial charge on any atom is 0.342 e. The topological polar surface area (TPSA) is 104 Å². The quantitative estimate of drug-likeness (QED) is 0.593. The summed E-state index contributed by atoms with van der Waals surface area (Å²) in [5.74, 6) is 1.16. The van der Waals surface area contributed by atoms with Crippen molar-refractivity contribution in [2.45, 2.75) is 57.4 Å². The molecule has 3 aliphatic rings. The minimum Gasteiger partial charge on any atom is -0.368 e. The molecule has 3 aromatic heterocycles. The van der Waals surface area contributed by atoms with E-state index in [0.717, 1.165) is 68.8 Å². The summed E-state index contributed by atoms with van der Waals surface area (Å²) in [5.41, 5.74) is 3.37. The van der Waals surface area contributed by atoms with Gasteiger partial charge in [-0.15, -0.1) is 0 Å². The highest BCUT2D eigenvalue weighted by atomic mass is 16.2. The van der Waals surface area contributed by atoms with Crippen LogP contribution >= 0.6 is 0 Å². The SMILES string of the molecule is CC(C)N1CCN(c2ccc(Nc3ncc4nn5c(c4n3)C3(CCCCC3)CNC5=O)nc2)CC1. The van der Waals surface area contributed by atoms with Crippen LogP contribution in [0, 0.1) is 0 Å². The van der Waals surface area contributed by atoms with Gasteiger partial charge in [-0.3, -0.25) is 4.90 Å². The molecule has 0 aromatic carbocycles. The third-order valence-electron chi connectivity index (χ3n) is 7.89. The number of piperazine rings is 1. The number of hydrogen-bond donors (Lipinski definition) is 2. The van der Waals surface area contributed by atoms with Crippen LogP contribution in [0.3, 0.4) is 0 Å². The largest absolute Gasteiger partial charge is 0.368 e. The number of rotatable bonds is 4. The zero-order chi connectivity index (χ0) is 24.0. The van der Waals surface area contributed by atoms with Gasteiger partial charge in [0.1, 0.15) is 16.9 Å². The predicted octanol–water partition coefficient (Wildman–Crippen LogP) is 3.27. The summed E-state index contributed by atoms with van der Waals surface area (Å²) in [7, 11) is 0.